The molecule has 1 saturated heterocycles. The van der Waals surface area contributed by atoms with Crippen molar-refractivity contribution < 1.29 is 4.79 Å². The maximum atomic E-state index is 12.4. The first kappa shape index (κ1) is 17.3. The first-order chi connectivity index (χ1) is 12.8. The van der Waals surface area contributed by atoms with Gasteiger partial charge in [0.25, 0.3) is 0 Å². The second-order valence-corrected chi connectivity index (χ2v) is 8.12. The molecular formula is C22H29N3O. The zero-order chi connectivity index (χ0) is 17.8. The lowest BCUT2D eigenvalue weighted by atomic mass is 9.76. The summed E-state index contributed by atoms with van der Waals surface area (Å²) in [5, 5.41) is 0. The van der Waals surface area contributed by atoms with Gasteiger partial charge in [0.15, 0.2) is 0 Å². The molecule has 1 N–H and O–H groups in total. The predicted octanol–water partition coefficient (Wildman–Crippen LogP) is 4.34. The largest absolute Gasteiger partial charge is 0.348 e. The summed E-state index contributed by atoms with van der Waals surface area (Å²) in [6, 6.07) is 10.8. The predicted molar refractivity (Wildman–Crippen MR) is 102 cm³/mol. The van der Waals surface area contributed by atoms with Crippen molar-refractivity contribution >= 4 is 5.91 Å². The first-order valence-electron chi connectivity index (χ1n) is 10.1. The topological polar surface area (TPSA) is 49.0 Å². The number of hydrogen-bond acceptors (Lipinski definition) is 2. The second kappa shape index (κ2) is 8.07. The van der Waals surface area contributed by atoms with Crippen molar-refractivity contribution in [2.45, 2.75) is 64.0 Å². The minimum atomic E-state index is 0.337. The fourth-order valence-electron chi connectivity index (χ4n) is 4.93. The van der Waals surface area contributed by atoms with Crippen molar-refractivity contribution in [3.8, 4) is 0 Å². The molecule has 2 aliphatic rings. The lowest BCUT2D eigenvalue weighted by molar-refractivity contribution is -0.129. The number of carbonyl (C=O) groups is 1. The minimum Gasteiger partial charge on any atom is -0.348 e. The van der Waals surface area contributed by atoms with Crippen LogP contribution in [0.5, 0.6) is 0 Å². The van der Waals surface area contributed by atoms with Crippen LogP contribution in [0, 0.1) is 11.8 Å². The van der Waals surface area contributed by atoms with Crippen molar-refractivity contribution in [2.24, 2.45) is 11.8 Å². The van der Waals surface area contributed by atoms with Gasteiger partial charge < -0.3 is 9.88 Å². The maximum Gasteiger partial charge on any atom is 0.223 e. The molecule has 1 aliphatic heterocycles. The summed E-state index contributed by atoms with van der Waals surface area (Å²) in [6.07, 6.45) is 13.1. The summed E-state index contributed by atoms with van der Waals surface area (Å²) in [6.45, 7) is 0.772. The van der Waals surface area contributed by atoms with E-state index in [4.69, 9.17) is 0 Å². The number of hydrogen-bond donors (Lipinski definition) is 1. The van der Waals surface area contributed by atoms with Crippen molar-refractivity contribution in [2.75, 3.05) is 0 Å². The van der Waals surface area contributed by atoms with Gasteiger partial charge in [-0.1, -0.05) is 49.6 Å². The van der Waals surface area contributed by atoms with Gasteiger partial charge in [-0.25, -0.2) is 4.98 Å². The third-order valence-electron chi connectivity index (χ3n) is 6.21. The Balaban J connectivity index is 1.35. The Morgan fingerprint density at radius 1 is 1.12 bits per heavy atom. The number of rotatable bonds is 6. The van der Waals surface area contributed by atoms with Crippen molar-refractivity contribution in [1.29, 1.82) is 0 Å². The van der Waals surface area contributed by atoms with Crippen molar-refractivity contribution in [3.63, 3.8) is 0 Å². The third-order valence-corrected chi connectivity index (χ3v) is 6.21. The molecule has 2 heterocycles. The average molecular weight is 351 g/mol. The van der Waals surface area contributed by atoms with Gasteiger partial charge in [0.05, 0.1) is 6.33 Å². The molecule has 1 aromatic carbocycles. The van der Waals surface area contributed by atoms with Crippen LogP contribution in [0.4, 0.5) is 0 Å². The Labute approximate surface area is 156 Å². The van der Waals surface area contributed by atoms with Crippen LogP contribution < -0.4 is 0 Å². The molecule has 1 saturated carbocycles. The molecule has 0 spiro atoms. The number of nitrogens with one attached hydrogen (secondary N) is 1. The van der Waals surface area contributed by atoms with Crippen molar-refractivity contribution in [3.05, 3.63) is 54.1 Å². The standard InChI is InChI=1S/C22H29N3O/c26-22-10-9-21(25(22)15-17-5-2-1-3-6-17)13-19-8-4-7-18(11-19)12-20-14-23-16-24-20/h1-3,5-6,14,16,18-19,21H,4,7-13,15H2,(H,23,24)/t18-,19-,21-/m0/s1. The van der Waals surface area contributed by atoms with Gasteiger partial charge in [0.2, 0.25) is 5.91 Å². The monoisotopic (exact) mass is 351 g/mol. The smallest absolute Gasteiger partial charge is 0.223 e. The quantitative estimate of drug-likeness (QED) is 0.841. The summed E-state index contributed by atoms with van der Waals surface area (Å²) >= 11 is 0. The Bertz CT molecular complexity index is 697. The van der Waals surface area contributed by atoms with Crippen LogP contribution >= 0.6 is 0 Å². The highest BCUT2D eigenvalue weighted by Gasteiger charge is 2.34. The summed E-state index contributed by atoms with van der Waals surface area (Å²) in [5.74, 6) is 1.85. The molecule has 138 valence electrons. The van der Waals surface area contributed by atoms with E-state index in [9.17, 15) is 4.79 Å². The molecule has 4 rings (SSSR count). The normalized spacial score (nSPS) is 26.4. The lowest BCUT2D eigenvalue weighted by Crippen LogP contribution is -2.34. The summed E-state index contributed by atoms with van der Waals surface area (Å²) in [4.78, 5) is 22.0. The Kier molecular flexibility index (Phi) is 5.37. The van der Waals surface area contributed by atoms with Gasteiger partial charge in [0.1, 0.15) is 0 Å². The fourth-order valence-corrected chi connectivity index (χ4v) is 4.93. The minimum absolute atomic E-state index is 0.337. The third kappa shape index (κ3) is 4.17. The molecule has 2 aromatic rings. The van der Waals surface area contributed by atoms with E-state index >= 15 is 0 Å². The molecule has 4 nitrogen and oxygen atoms in total. The number of likely N-dealkylation sites (tertiary alicyclic amines) is 1. The zero-order valence-electron chi connectivity index (χ0n) is 15.4. The molecule has 0 radical (unpaired) electrons. The average Bonchev–Trinajstić information content (AvgIpc) is 3.28. The number of carbonyl (C=O) groups excluding carboxylic acids is 1. The van der Waals surface area contributed by atoms with E-state index in [1.165, 1.54) is 43.4 Å². The SMILES string of the molecule is O=C1CC[C@@H](C[C@H]2CCC[C@H](Cc3cnc[nH]3)C2)N1Cc1ccccc1. The Morgan fingerprint density at radius 2 is 1.96 bits per heavy atom. The number of benzene rings is 1. The van der Waals surface area contributed by atoms with Gasteiger partial charge in [-0.05, 0) is 43.1 Å². The fraction of sp³-hybridized carbons (Fsp3) is 0.545. The molecule has 3 atom stereocenters. The van der Waals surface area contributed by atoms with Gasteiger partial charge >= 0.3 is 0 Å². The van der Waals surface area contributed by atoms with Crippen LogP contribution in [0.1, 0.15) is 56.2 Å². The molecule has 0 bridgehead atoms. The van der Waals surface area contributed by atoms with Crippen LogP contribution in [-0.4, -0.2) is 26.8 Å². The van der Waals surface area contributed by atoms with E-state index in [1.54, 1.807) is 6.33 Å². The molecule has 2 fully saturated rings. The molecule has 1 aliphatic carbocycles. The van der Waals surface area contributed by atoms with Gasteiger partial charge in [0, 0.05) is 30.9 Å². The van der Waals surface area contributed by atoms with Gasteiger partial charge in [-0.2, -0.15) is 0 Å². The Morgan fingerprint density at radius 3 is 2.77 bits per heavy atom. The van der Waals surface area contributed by atoms with Crippen LogP contribution in [0.25, 0.3) is 0 Å². The van der Waals surface area contributed by atoms with E-state index in [-0.39, 0.29) is 0 Å². The van der Waals surface area contributed by atoms with E-state index in [2.05, 4.69) is 39.1 Å². The number of nitrogens with zero attached hydrogens (tertiary/aromatic N) is 2. The van der Waals surface area contributed by atoms with Crippen LogP contribution in [0.2, 0.25) is 0 Å². The number of amides is 1. The zero-order valence-corrected chi connectivity index (χ0v) is 15.4. The lowest BCUT2D eigenvalue weighted by Gasteiger charge is -2.33. The number of aromatic amines is 1. The molecule has 1 aromatic heterocycles. The highest BCUT2D eigenvalue weighted by atomic mass is 16.2. The molecule has 26 heavy (non-hydrogen) atoms. The van der Waals surface area contributed by atoms with Gasteiger partial charge in [-0.3, -0.25) is 4.79 Å². The molecule has 1 amide bonds. The summed E-state index contributed by atoms with van der Waals surface area (Å²) in [5.41, 5.74) is 2.51. The van der Waals surface area contributed by atoms with E-state index < -0.39 is 0 Å². The first-order valence-corrected chi connectivity index (χ1v) is 10.1. The molecule has 0 unspecified atom stereocenters. The summed E-state index contributed by atoms with van der Waals surface area (Å²) < 4.78 is 0. The van der Waals surface area contributed by atoms with Crippen LogP contribution in [-0.2, 0) is 17.8 Å². The highest BCUT2D eigenvalue weighted by molar-refractivity contribution is 5.78. The highest BCUT2D eigenvalue weighted by Crippen LogP contribution is 2.36. The molecular weight excluding hydrogens is 322 g/mol. The number of aromatic nitrogens is 2. The summed E-state index contributed by atoms with van der Waals surface area (Å²) in [7, 11) is 0. The number of H-pyrrole nitrogens is 1. The van der Waals surface area contributed by atoms with Gasteiger partial charge in [-0.15, -0.1) is 0 Å². The maximum absolute atomic E-state index is 12.4. The van der Waals surface area contributed by atoms with E-state index in [0.29, 0.717) is 11.9 Å². The molecule has 4 heteroatoms. The van der Waals surface area contributed by atoms with Crippen LogP contribution in [0.15, 0.2) is 42.9 Å². The number of imidazole rings is 1. The second-order valence-electron chi connectivity index (χ2n) is 8.12. The van der Waals surface area contributed by atoms with E-state index in [1.807, 2.05) is 12.3 Å². The Hall–Kier alpha value is -2.10. The van der Waals surface area contributed by atoms with E-state index in [0.717, 1.165) is 37.6 Å². The van der Waals surface area contributed by atoms with Crippen molar-refractivity contribution in [1.82, 2.24) is 14.9 Å². The van der Waals surface area contributed by atoms with Crippen LogP contribution in [0.3, 0.4) is 0 Å².